The lowest BCUT2D eigenvalue weighted by Gasteiger charge is -2.18. The van der Waals surface area contributed by atoms with E-state index < -0.39 is 123 Å². The molecule has 1 aliphatic rings. The molecule has 0 fully saturated rings. The standard InChI is InChI=1S/C50H36N12O20S4/c1-81-85(77,78)41-19-28(62(69)70)6-12-40(41)58-57-39-14-10-36(52)44-34(39)20-42(86(79,80)82-2)46(50(44)66)60-54-26-4-8-30-32(18-26)48(64)29-7-3-25(17-31(29)47(30)63)53-59-45-24(22-84(74,75)76)16-33-38(13-9-35(51)43(33)49(45)65)56-55-37-11-5-27(61(67)68)15-23(37)21-83(71,72)73/h3-20,65-66H,21-22,51-52H2,1-2H3,(H,71,72,73)(H,74,75,76). The molecule has 0 aromatic heterocycles. The molecule has 8 aromatic rings. The first-order valence-electron chi connectivity index (χ1n) is 23.7. The first-order chi connectivity index (χ1) is 40.4. The van der Waals surface area contributed by atoms with Crippen LogP contribution in [0.3, 0.4) is 0 Å². The summed E-state index contributed by atoms with van der Waals surface area (Å²) in [5, 5.41) is 77.6. The fourth-order valence-corrected chi connectivity index (χ4v) is 11.6. The van der Waals surface area contributed by atoms with Crippen LogP contribution in [0.25, 0.3) is 21.5 Å². The number of phenols is 2. The predicted molar refractivity (Wildman–Crippen MR) is 302 cm³/mol. The van der Waals surface area contributed by atoms with Crippen molar-refractivity contribution in [2.45, 2.75) is 21.3 Å². The summed E-state index contributed by atoms with van der Waals surface area (Å²) in [5.41, 5.74) is 7.05. The highest BCUT2D eigenvalue weighted by molar-refractivity contribution is 7.87. The number of azo groups is 4. The second-order valence-electron chi connectivity index (χ2n) is 18.1. The number of nitro benzene ring substituents is 2. The van der Waals surface area contributed by atoms with Gasteiger partial charge in [0.15, 0.2) is 23.1 Å². The van der Waals surface area contributed by atoms with E-state index in [4.69, 9.17) is 15.7 Å². The maximum absolute atomic E-state index is 14.1. The number of non-ortho nitro benzene ring substituents is 2. The van der Waals surface area contributed by atoms with Crippen LogP contribution in [0.2, 0.25) is 0 Å². The molecule has 0 atom stereocenters. The zero-order valence-electron chi connectivity index (χ0n) is 43.4. The summed E-state index contributed by atoms with van der Waals surface area (Å²) in [6.45, 7) is 0. The molecule has 86 heavy (non-hydrogen) atoms. The number of benzene rings is 8. The van der Waals surface area contributed by atoms with Crippen molar-refractivity contribution in [2.24, 2.45) is 40.9 Å². The van der Waals surface area contributed by atoms with Crippen molar-refractivity contribution in [2.75, 3.05) is 25.7 Å². The summed E-state index contributed by atoms with van der Waals surface area (Å²) in [7, 11) is -17.4. The monoisotopic (exact) mass is 1250 g/mol. The summed E-state index contributed by atoms with van der Waals surface area (Å²) in [6.07, 6.45) is 0. The minimum atomic E-state index is -4.90. The molecule has 0 unspecified atom stereocenters. The predicted octanol–water partition coefficient (Wildman–Crippen LogP) is 10.3. The normalized spacial score (nSPS) is 13.2. The molecule has 32 nitrogen and oxygen atoms in total. The number of nitrogens with zero attached hydrogens (tertiary/aromatic N) is 10. The fourth-order valence-electron chi connectivity index (χ4n) is 8.75. The highest BCUT2D eigenvalue weighted by Gasteiger charge is 2.32. The molecule has 0 heterocycles. The van der Waals surface area contributed by atoms with Crippen LogP contribution in [-0.4, -0.2) is 88.6 Å². The molecule has 0 saturated heterocycles. The summed E-state index contributed by atoms with van der Waals surface area (Å²) in [6, 6.07) is 19.7. The van der Waals surface area contributed by atoms with Gasteiger partial charge in [-0.05, 0) is 84.9 Å². The average Bonchev–Trinajstić information content (AvgIpc) is 1.06. The van der Waals surface area contributed by atoms with Gasteiger partial charge >= 0.3 is 0 Å². The summed E-state index contributed by atoms with van der Waals surface area (Å²) in [4.78, 5) is 47.7. The molecule has 8 N–H and O–H groups in total. The topological polar surface area (TPSA) is 507 Å². The van der Waals surface area contributed by atoms with Crippen LogP contribution in [0.15, 0.2) is 160 Å². The van der Waals surface area contributed by atoms with Gasteiger partial charge in [-0.15, -0.1) is 25.6 Å². The van der Waals surface area contributed by atoms with Crippen LogP contribution >= 0.6 is 0 Å². The average molecular weight is 1250 g/mol. The number of nitrogens with two attached hydrogens (primary N) is 2. The van der Waals surface area contributed by atoms with Crippen LogP contribution in [-0.2, 0) is 60.3 Å². The van der Waals surface area contributed by atoms with Gasteiger partial charge in [0, 0.05) is 79.8 Å². The van der Waals surface area contributed by atoms with Crippen LogP contribution in [0.5, 0.6) is 11.5 Å². The number of fused-ring (bicyclic) bond motifs is 4. The third-order valence-electron chi connectivity index (χ3n) is 12.7. The van der Waals surface area contributed by atoms with Crippen LogP contribution < -0.4 is 11.5 Å². The number of carbonyl (C=O) groups is 2. The number of phenolic OH excluding ortho intramolecular Hbond substituents is 2. The number of carbonyl (C=O) groups excluding carboxylic acids is 2. The van der Waals surface area contributed by atoms with E-state index in [0.717, 1.165) is 68.8 Å². The first kappa shape index (κ1) is 60.3. The largest absolute Gasteiger partial charge is 0.505 e. The number of rotatable bonds is 18. The molecular formula is C50H36N12O20S4. The number of hydrogen-bond donors (Lipinski definition) is 6. The highest BCUT2D eigenvalue weighted by Crippen LogP contribution is 2.49. The SMILES string of the molecule is COS(=O)(=O)c1cc([N+](=O)[O-])ccc1N=Nc1ccc(N)c2c(O)c(N=Nc3ccc4c(c3)C(=O)c3ccc(N=Nc5c(CS(=O)(=O)O)cc6c(N=Nc7ccc([N+](=O)[O-])cc7CS(=O)(=O)O)ccc(N)c6c5O)cc3C4=O)c(S(=O)(=O)OC)cc12. The second-order valence-corrected chi connectivity index (χ2v) is 24.4. The summed E-state index contributed by atoms with van der Waals surface area (Å²) < 4.78 is 129. The van der Waals surface area contributed by atoms with E-state index in [-0.39, 0.29) is 94.7 Å². The van der Waals surface area contributed by atoms with Gasteiger partial charge in [-0.25, -0.2) is 0 Å². The van der Waals surface area contributed by atoms with Gasteiger partial charge in [0.05, 0.1) is 63.3 Å². The molecule has 36 heteroatoms. The molecule has 0 saturated carbocycles. The molecule has 9 rings (SSSR count). The number of hydrogen-bond acceptors (Lipinski definition) is 28. The Morgan fingerprint density at radius 2 is 0.884 bits per heavy atom. The van der Waals surface area contributed by atoms with E-state index >= 15 is 0 Å². The van der Waals surface area contributed by atoms with Crippen LogP contribution in [0, 0.1) is 20.2 Å². The minimum Gasteiger partial charge on any atom is -0.505 e. The molecule has 0 amide bonds. The lowest BCUT2D eigenvalue weighted by molar-refractivity contribution is -0.385. The first-order valence-corrected chi connectivity index (χ1v) is 29.7. The molecule has 0 aliphatic heterocycles. The van der Waals surface area contributed by atoms with E-state index in [9.17, 15) is 82.8 Å². The number of anilines is 2. The molecular weight excluding hydrogens is 1220 g/mol. The Hall–Kier alpha value is -10.3. The van der Waals surface area contributed by atoms with Crippen LogP contribution in [0.1, 0.15) is 43.0 Å². The van der Waals surface area contributed by atoms with Crippen molar-refractivity contribution in [3.63, 3.8) is 0 Å². The van der Waals surface area contributed by atoms with Crippen molar-refractivity contribution < 1.29 is 80.8 Å². The maximum atomic E-state index is 14.1. The lowest BCUT2D eigenvalue weighted by Crippen LogP contribution is -2.20. The Balaban J connectivity index is 1.04. The quantitative estimate of drug-likeness (QED) is 0.0116. The van der Waals surface area contributed by atoms with Gasteiger partial charge in [0.25, 0.3) is 51.8 Å². The van der Waals surface area contributed by atoms with E-state index in [1.807, 2.05) is 0 Å². The third-order valence-corrected chi connectivity index (χ3v) is 16.6. The fraction of sp³-hybridized carbons (Fsp3) is 0.0800. The van der Waals surface area contributed by atoms with Gasteiger partial charge in [-0.2, -0.15) is 49.0 Å². The number of ketones is 2. The van der Waals surface area contributed by atoms with Gasteiger partial charge in [0.2, 0.25) is 0 Å². The Labute approximate surface area is 482 Å². The second kappa shape index (κ2) is 22.7. The Bertz CT molecular complexity index is 4940. The van der Waals surface area contributed by atoms with Gasteiger partial charge < -0.3 is 21.7 Å². The van der Waals surface area contributed by atoms with Gasteiger partial charge in [-0.3, -0.25) is 47.3 Å². The molecule has 0 bridgehead atoms. The number of nitro groups is 2. The van der Waals surface area contributed by atoms with Crippen molar-refractivity contribution >= 4 is 142 Å². The summed E-state index contributed by atoms with van der Waals surface area (Å²) in [5.74, 6) is -5.40. The zero-order chi connectivity index (χ0) is 62.5. The Morgan fingerprint density at radius 3 is 1.38 bits per heavy atom. The molecule has 1 aliphatic carbocycles. The van der Waals surface area contributed by atoms with Crippen molar-refractivity contribution in [3.05, 3.63) is 163 Å². The van der Waals surface area contributed by atoms with Gasteiger partial charge in [-0.1, -0.05) is 0 Å². The van der Waals surface area contributed by atoms with E-state index in [2.05, 4.69) is 45.1 Å². The van der Waals surface area contributed by atoms with Crippen molar-refractivity contribution in [1.29, 1.82) is 0 Å². The number of nitrogen functional groups attached to an aromatic ring is 2. The number of aromatic hydroxyl groups is 2. The van der Waals surface area contributed by atoms with E-state index in [1.54, 1.807) is 0 Å². The highest BCUT2D eigenvalue weighted by atomic mass is 32.2. The smallest absolute Gasteiger partial charge is 0.299 e. The Morgan fingerprint density at radius 1 is 0.465 bits per heavy atom. The molecule has 8 aromatic carbocycles. The third kappa shape index (κ3) is 12.0. The maximum Gasteiger partial charge on any atom is 0.299 e. The van der Waals surface area contributed by atoms with Crippen molar-refractivity contribution in [1.82, 2.24) is 0 Å². The molecule has 440 valence electrons. The van der Waals surface area contributed by atoms with E-state index in [0.29, 0.717) is 6.07 Å². The lowest BCUT2D eigenvalue weighted by atomic mass is 9.83. The van der Waals surface area contributed by atoms with E-state index in [1.165, 1.54) is 48.5 Å². The van der Waals surface area contributed by atoms with Crippen LogP contribution in [0.4, 0.5) is 68.2 Å². The Kier molecular flexibility index (Phi) is 15.9. The van der Waals surface area contributed by atoms with Crippen molar-refractivity contribution in [3.8, 4) is 11.5 Å². The summed E-state index contributed by atoms with van der Waals surface area (Å²) >= 11 is 0. The zero-order valence-corrected chi connectivity index (χ0v) is 46.7. The van der Waals surface area contributed by atoms with Gasteiger partial charge in [0.1, 0.15) is 38.4 Å². The minimum absolute atomic E-state index is 0.0920. The molecule has 0 spiro atoms. The molecule has 0 radical (unpaired) electrons.